The van der Waals surface area contributed by atoms with E-state index in [9.17, 15) is 14.0 Å². The Hall–Kier alpha value is -1.91. The van der Waals surface area contributed by atoms with Gasteiger partial charge in [-0.25, -0.2) is 9.18 Å². The Morgan fingerprint density at radius 1 is 1.35 bits per heavy atom. The van der Waals surface area contributed by atoms with Gasteiger partial charge in [0.05, 0.1) is 12.7 Å². The van der Waals surface area contributed by atoms with Gasteiger partial charge in [0.25, 0.3) is 5.91 Å². The molecule has 20 heavy (non-hydrogen) atoms. The van der Waals surface area contributed by atoms with E-state index in [1.807, 2.05) is 0 Å². The average molecular weight is 279 g/mol. The molecule has 1 aliphatic rings. The summed E-state index contributed by atoms with van der Waals surface area (Å²) in [6.45, 7) is 2.21. The Bertz CT molecular complexity index is 530. The Morgan fingerprint density at radius 3 is 2.75 bits per heavy atom. The third kappa shape index (κ3) is 2.81. The van der Waals surface area contributed by atoms with Crippen LogP contribution in [0.3, 0.4) is 0 Å². The summed E-state index contributed by atoms with van der Waals surface area (Å²) >= 11 is 0. The summed E-state index contributed by atoms with van der Waals surface area (Å²) in [6.07, 6.45) is 2.23. The van der Waals surface area contributed by atoms with Crippen LogP contribution < -0.4 is 0 Å². The molecule has 1 saturated heterocycles. The van der Waals surface area contributed by atoms with Crippen molar-refractivity contribution in [2.75, 3.05) is 13.7 Å². The highest BCUT2D eigenvalue weighted by molar-refractivity contribution is 5.97. The standard InChI is InChI=1S/C15H18FNO3/c1-10-6-7-11(12(16)9-10)14(18)17-8-4-3-5-13(17)15(19)20-2/h6-7,9,13H,3-5,8H2,1-2H3. The number of benzene rings is 1. The van der Waals surface area contributed by atoms with Gasteiger partial charge in [-0.3, -0.25) is 4.79 Å². The van der Waals surface area contributed by atoms with Crippen molar-refractivity contribution in [2.45, 2.75) is 32.2 Å². The lowest BCUT2D eigenvalue weighted by molar-refractivity contribution is -0.147. The van der Waals surface area contributed by atoms with Crippen molar-refractivity contribution in [3.63, 3.8) is 0 Å². The molecule has 4 nitrogen and oxygen atoms in total. The summed E-state index contributed by atoms with van der Waals surface area (Å²) in [4.78, 5) is 25.6. The van der Waals surface area contributed by atoms with Crippen molar-refractivity contribution in [1.82, 2.24) is 4.90 Å². The third-order valence-electron chi connectivity index (χ3n) is 3.59. The van der Waals surface area contributed by atoms with Crippen LogP contribution in [0.25, 0.3) is 0 Å². The quantitative estimate of drug-likeness (QED) is 0.780. The molecule has 0 N–H and O–H groups in total. The van der Waals surface area contributed by atoms with Gasteiger partial charge in [0.2, 0.25) is 0 Å². The summed E-state index contributed by atoms with van der Waals surface area (Å²) in [5.74, 6) is -1.44. The molecule has 0 spiro atoms. The molecule has 108 valence electrons. The van der Waals surface area contributed by atoms with Gasteiger partial charge in [-0.2, -0.15) is 0 Å². The molecular formula is C15H18FNO3. The third-order valence-corrected chi connectivity index (χ3v) is 3.59. The molecule has 1 unspecified atom stereocenters. The zero-order valence-electron chi connectivity index (χ0n) is 11.7. The van der Waals surface area contributed by atoms with Gasteiger partial charge < -0.3 is 9.64 Å². The number of piperidine rings is 1. The monoisotopic (exact) mass is 279 g/mol. The van der Waals surface area contributed by atoms with Crippen molar-refractivity contribution >= 4 is 11.9 Å². The predicted octanol–water partition coefficient (Wildman–Crippen LogP) is 2.30. The number of likely N-dealkylation sites (tertiary alicyclic amines) is 1. The lowest BCUT2D eigenvalue weighted by atomic mass is 10.0. The number of ether oxygens (including phenoxy) is 1. The lowest BCUT2D eigenvalue weighted by Gasteiger charge is -2.33. The van der Waals surface area contributed by atoms with Crippen LogP contribution in [-0.4, -0.2) is 36.5 Å². The SMILES string of the molecule is COC(=O)C1CCCCN1C(=O)c1ccc(C)cc1F. The fourth-order valence-corrected chi connectivity index (χ4v) is 2.50. The molecule has 0 aliphatic carbocycles. The molecule has 2 rings (SSSR count). The van der Waals surface area contributed by atoms with Gasteiger partial charge in [0.15, 0.2) is 0 Å². The van der Waals surface area contributed by atoms with Crippen LogP contribution in [0.4, 0.5) is 4.39 Å². The van der Waals surface area contributed by atoms with Gasteiger partial charge in [-0.15, -0.1) is 0 Å². The molecule has 1 aromatic carbocycles. The van der Waals surface area contributed by atoms with E-state index in [-0.39, 0.29) is 5.56 Å². The molecule has 1 amide bonds. The van der Waals surface area contributed by atoms with E-state index < -0.39 is 23.7 Å². The summed E-state index contributed by atoms with van der Waals surface area (Å²) < 4.78 is 18.6. The molecule has 1 fully saturated rings. The zero-order valence-corrected chi connectivity index (χ0v) is 11.7. The van der Waals surface area contributed by atoms with E-state index in [4.69, 9.17) is 4.74 Å². The van der Waals surface area contributed by atoms with Gasteiger partial charge in [-0.1, -0.05) is 6.07 Å². The highest BCUT2D eigenvalue weighted by Gasteiger charge is 2.34. The molecule has 0 aromatic heterocycles. The van der Waals surface area contributed by atoms with Gasteiger partial charge >= 0.3 is 5.97 Å². The van der Waals surface area contributed by atoms with Crippen LogP contribution in [-0.2, 0) is 9.53 Å². The normalized spacial score (nSPS) is 18.8. The number of nitrogens with zero attached hydrogens (tertiary/aromatic N) is 1. The average Bonchev–Trinajstić information content (AvgIpc) is 2.46. The number of hydrogen-bond donors (Lipinski definition) is 0. The number of amides is 1. The number of methoxy groups -OCH3 is 1. The first kappa shape index (κ1) is 14.5. The molecule has 1 aliphatic heterocycles. The van der Waals surface area contributed by atoms with E-state index in [2.05, 4.69) is 0 Å². The maximum absolute atomic E-state index is 13.9. The number of aryl methyl sites for hydroxylation is 1. The molecular weight excluding hydrogens is 261 g/mol. The first-order chi connectivity index (χ1) is 9.54. The van der Waals surface area contributed by atoms with Crippen molar-refractivity contribution in [3.8, 4) is 0 Å². The highest BCUT2D eigenvalue weighted by atomic mass is 19.1. The molecule has 1 heterocycles. The fourth-order valence-electron chi connectivity index (χ4n) is 2.50. The molecule has 5 heteroatoms. The van der Waals surface area contributed by atoms with Crippen LogP contribution in [0.2, 0.25) is 0 Å². The van der Waals surface area contributed by atoms with Crippen LogP contribution in [0.15, 0.2) is 18.2 Å². The second-order valence-corrected chi connectivity index (χ2v) is 5.02. The predicted molar refractivity (Wildman–Crippen MR) is 71.8 cm³/mol. The van der Waals surface area contributed by atoms with Crippen LogP contribution in [0, 0.1) is 12.7 Å². The Kier molecular flexibility index (Phi) is 4.37. The minimum absolute atomic E-state index is 0.00593. The van der Waals surface area contributed by atoms with E-state index in [1.165, 1.54) is 24.1 Å². The van der Waals surface area contributed by atoms with Crippen LogP contribution >= 0.6 is 0 Å². The number of carbonyl (C=O) groups is 2. The van der Waals surface area contributed by atoms with Crippen LogP contribution in [0.1, 0.15) is 35.2 Å². The highest BCUT2D eigenvalue weighted by Crippen LogP contribution is 2.22. The number of rotatable bonds is 2. The summed E-state index contributed by atoms with van der Waals surface area (Å²) in [5.41, 5.74) is 0.758. The number of carbonyl (C=O) groups excluding carboxylic acids is 2. The second kappa shape index (κ2) is 6.03. The second-order valence-electron chi connectivity index (χ2n) is 5.02. The van der Waals surface area contributed by atoms with Crippen molar-refractivity contribution in [2.24, 2.45) is 0 Å². The Balaban J connectivity index is 2.27. The first-order valence-corrected chi connectivity index (χ1v) is 6.69. The van der Waals surface area contributed by atoms with Crippen LogP contribution in [0.5, 0.6) is 0 Å². The van der Waals surface area contributed by atoms with E-state index in [1.54, 1.807) is 13.0 Å². The first-order valence-electron chi connectivity index (χ1n) is 6.69. The number of hydrogen-bond acceptors (Lipinski definition) is 3. The number of esters is 1. The molecule has 1 aromatic rings. The fraction of sp³-hybridized carbons (Fsp3) is 0.467. The maximum Gasteiger partial charge on any atom is 0.328 e. The largest absolute Gasteiger partial charge is 0.467 e. The van der Waals surface area contributed by atoms with E-state index >= 15 is 0 Å². The van der Waals surface area contributed by atoms with Gasteiger partial charge in [0.1, 0.15) is 11.9 Å². The van der Waals surface area contributed by atoms with Crippen molar-refractivity contribution in [1.29, 1.82) is 0 Å². The van der Waals surface area contributed by atoms with Gasteiger partial charge in [0, 0.05) is 6.54 Å². The topological polar surface area (TPSA) is 46.6 Å². The number of halogens is 1. The summed E-state index contributed by atoms with van der Waals surface area (Å²) in [6, 6.07) is 3.87. The molecule has 0 bridgehead atoms. The molecule has 0 saturated carbocycles. The minimum Gasteiger partial charge on any atom is -0.467 e. The summed E-state index contributed by atoms with van der Waals surface area (Å²) in [5, 5.41) is 0. The van der Waals surface area contributed by atoms with Gasteiger partial charge in [-0.05, 0) is 43.9 Å². The zero-order chi connectivity index (χ0) is 14.7. The molecule has 0 radical (unpaired) electrons. The Labute approximate surface area is 117 Å². The smallest absolute Gasteiger partial charge is 0.328 e. The van der Waals surface area contributed by atoms with E-state index in [0.29, 0.717) is 13.0 Å². The maximum atomic E-state index is 13.9. The van der Waals surface area contributed by atoms with Crippen molar-refractivity contribution in [3.05, 3.63) is 35.1 Å². The van der Waals surface area contributed by atoms with Crippen molar-refractivity contribution < 1.29 is 18.7 Å². The van der Waals surface area contributed by atoms with E-state index in [0.717, 1.165) is 18.4 Å². The minimum atomic E-state index is -0.609. The summed E-state index contributed by atoms with van der Waals surface area (Å²) in [7, 11) is 1.30. The molecule has 1 atom stereocenters. The lowest BCUT2D eigenvalue weighted by Crippen LogP contribution is -2.48. The Morgan fingerprint density at radius 2 is 2.10 bits per heavy atom.